The summed E-state index contributed by atoms with van der Waals surface area (Å²) in [5.41, 5.74) is 8.36. The number of aromatic nitrogens is 3. The van der Waals surface area contributed by atoms with Gasteiger partial charge in [-0.2, -0.15) is 0 Å². The summed E-state index contributed by atoms with van der Waals surface area (Å²) >= 11 is 0. The Hall–Kier alpha value is -1.62. The van der Waals surface area contributed by atoms with Gasteiger partial charge < -0.3 is 10.5 Å². The van der Waals surface area contributed by atoms with Crippen molar-refractivity contribution in [2.75, 3.05) is 18.9 Å². The van der Waals surface area contributed by atoms with E-state index < -0.39 is 0 Å². The van der Waals surface area contributed by atoms with E-state index in [0.717, 1.165) is 37.2 Å². The summed E-state index contributed by atoms with van der Waals surface area (Å²) in [5.74, 6) is 0.537. The van der Waals surface area contributed by atoms with Crippen LogP contribution in [0.3, 0.4) is 0 Å². The average molecular weight is 232 g/mol. The summed E-state index contributed by atoms with van der Waals surface area (Å²) in [5, 5.41) is 8.31. The molecule has 17 heavy (non-hydrogen) atoms. The molecule has 0 saturated carbocycles. The molecule has 1 atom stereocenters. The first-order valence-electron chi connectivity index (χ1n) is 6.00. The minimum atomic E-state index is 0.537. The van der Waals surface area contributed by atoms with E-state index in [4.69, 9.17) is 10.5 Å². The zero-order chi connectivity index (χ0) is 11.7. The van der Waals surface area contributed by atoms with Gasteiger partial charge >= 0.3 is 0 Å². The molecule has 1 aliphatic heterocycles. The van der Waals surface area contributed by atoms with Crippen LogP contribution >= 0.6 is 0 Å². The van der Waals surface area contributed by atoms with E-state index in [2.05, 4.69) is 10.3 Å². The number of anilines is 1. The van der Waals surface area contributed by atoms with E-state index in [-0.39, 0.29) is 0 Å². The summed E-state index contributed by atoms with van der Waals surface area (Å²) in [7, 11) is 0. The van der Waals surface area contributed by atoms with Crippen LogP contribution in [0.4, 0.5) is 5.69 Å². The van der Waals surface area contributed by atoms with Gasteiger partial charge in [-0.25, -0.2) is 4.68 Å². The van der Waals surface area contributed by atoms with Crippen LogP contribution in [0, 0.1) is 5.92 Å². The number of fused-ring (bicyclic) bond motifs is 1. The molecular formula is C12H16N4O. The lowest BCUT2D eigenvalue weighted by Gasteiger charge is -2.21. The summed E-state index contributed by atoms with van der Waals surface area (Å²) in [4.78, 5) is 0. The van der Waals surface area contributed by atoms with Crippen molar-refractivity contribution in [1.82, 2.24) is 15.0 Å². The number of hydrogen-bond acceptors (Lipinski definition) is 4. The molecule has 1 fully saturated rings. The van der Waals surface area contributed by atoms with Gasteiger partial charge in [0.1, 0.15) is 5.52 Å². The first-order valence-corrected chi connectivity index (χ1v) is 6.00. The number of nitrogen functional groups attached to an aromatic ring is 1. The number of nitrogens with zero attached hydrogens (tertiary/aromatic N) is 3. The molecule has 0 spiro atoms. The molecule has 0 radical (unpaired) electrons. The van der Waals surface area contributed by atoms with Crippen LogP contribution in [-0.2, 0) is 11.3 Å². The molecule has 0 bridgehead atoms. The number of hydrogen-bond donors (Lipinski definition) is 1. The molecule has 2 heterocycles. The van der Waals surface area contributed by atoms with E-state index in [9.17, 15) is 0 Å². The highest BCUT2D eigenvalue weighted by Crippen LogP contribution is 2.21. The third-order valence-corrected chi connectivity index (χ3v) is 3.26. The summed E-state index contributed by atoms with van der Waals surface area (Å²) in [6, 6.07) is 5.80. The summed E-state index contributed by atoms with van der Waals surface area (Å²) < 4.78 is 7.42. The third kappa shape index (κ3) is 1.98. The van der Waals surface area contributed by atoms with Gasteiger partial charge in [-0.15, -0.1) is 5.10 Å². The fraction of sp³-hybridized carbons (Fsp3) is 0.500. The van der Waals surface area contributed by atoms with Crippen molar-refractivity contribution in [3.05, 3.63) is 18.2 Å². The lowest BCUT2D eigenvalue weighted by atomic mass is 10.0. The molecule has 5 heteroatoms. The lowest BCUT2D eigenvalue weighted by molar-refractivity contribution is 0.0473. The van der Waals surface area contributed by atoms with Crippen molar-refractivity contribution in [2.45, 2.75) is 19.4 Å². The van der Waals surface area contributed by atoms with Crippen LogP contribution in [0.15, 0.2) is 18.2 Å². The van der Waals surface area contributed by atoms with E-state index in [0.29, 0.717) is 11.6 Å². The Morgan fingerprint density at radius 3 is 3.24 bits per heavy atom. The van der Waals surface area contributed by atoms with Crippen molar-refractivity contribution in [1.29, 1.82) is 0 Å². The SMILES string of the molecule is Nc1cccc2c1nnn2CC1CCCOC1. The molecular weight excluding hydrogens is 216 g/mol. The predicted octanol–water partition coefficient (Wildman–Crippen LogP) is 1.44. The average Bonchev–Trinajstić information content (AvgIpc) is 2.76. The maximum atomic E-state index is 5.86. The van der Waals surface area contributed by atoms with Gasteiger partial charge in [0, 0.05) is 19.1 Å². The molecule has 5 nitrogen and oxygen atoms in total. The van der Waals surface area contributed by atoms with Crippen LogP contribution in [0.25, 0.3) is 11.0 Å². The molecule has 1 aromatic heterocycles. The van der Waals surface area contributed by atoms with Gasteiger partial charge in [-0.1, -0.05) is 11.3 Å². The Bertz CT molecular complexity index is 516. The number of rotatable bonds is 2. The van der Waals surface area contributed by atoms with Crippen molar-refractivity contribution in [3.63, 3.8) is 0 Å². The monoisotopic (exact) mass is 232 g/mol. The Morgan fingerprint density at radius 1 is 1.47 bits per heavy atom. The standard InChI is InChI=1S/C12H16N4O/c13-10-4-1-5-11-12(10)14-15-16(11)7-9-3-2-6-17-8-9/h1,4-5,9H,2-3,6-8,13H2. The van der Waals surface area contributed by atoms with Gasteiger partial charge in [0.25, 0.3) is 0 Å². The Labute approximate surface area is 99.5 Å². The fourth-order valence-corrected chi connectivity index (χ4v) is 2.34. The van der Waals surface area contributed by atoms with E-state index in [1.54, 1.807) is 0 Å². The van der Waals surface area contributed by atoms with Gasteiger partial charge in [-0.3, -0.25) is 0 Å². The van der Waals surface area contributed by atoms with Crippen molar-refractivity contribution >= 4 is 16.7 Å². The molecule has 2 N–H and O–H groups in total. The number of nitrogens with two attached hydrogens (primary N) is 1. The molecule has 2 aromatic rings. The quantitative estimate of drug-likeness (QED) is 0.796. The van der Waals surface area contributed by atoms with Gasteiger partial charge in [-0.05, 0) is 25.0 Å². The van der Waals surface area contributed by atoms with Gasteiger partial charge in [0.05, 0.1) is 17.8 Å². The molecule has 1 aromatic carbocycles. The number of benzene rings is 1. The largest absolute Gasteiger partial charge is 0.397 e. The Balaban J connectivity index is 1.87. The first-order chi connectivity index (χ1) is 8.34. The van der Waals surface area contributed by atoms with Crippen LogP contribution in [0.2, 0.25) is 0 Å². The zero-order valence-electron chi connectivity index (χ0n) is 9.67. The molecule has 0 amide bonds. The van der Waals surface area contributed by atoms with Crippen molar-refractivity contribution < 1.29 is 4.74 Å². The summed E-state index contributed by atoms with van der Waals surface area (Å²) in [6.07, 6.45) is 2.34. The second-order valence-corrected chi connectivity index (χ2v) is 4.57. The minimum Gasteiger partial charge on any atom is -0.397 e. The first kappa shape index (κ1) is 10.5. The maximum Gasteiger partial charge on any atom is 0.136 e. The maximum absolute atomic E-state index is 5.86. The molecule has 1 unspecified atom stereocenters. The van der Waals surface area contributed by atoms with Crippen LogP contribution in [0.1, 0.15) is 12.8 Å². The van der Waals surface area contributed by atoms with Gasteiger partial charge in [0.2, 0.25) is 0 Å². The second-order valence-electron chi connectivity index (χ2n) is 4.57. The minimum absolute atomic E-state index is 0.537. The number of ether oxygens (including phenoxy) is 1. The molecule has 1 aliphatic rings. The van der Waals surface area contributed by atoms with Crippen molar-refractivity contribution in [3.8, 4) is 0 Å². The van der Waals surface area contributed by atoms with Crippen LogP contribution in [0.5, 0.6) is 0 Å². The Morgan fingerprint density at radius 2 is 2.41 bits per heavy atom. The van der Waals surface area contributed by atoms with Crippen LogP contribution < -0.4 is 5.73 Å². The highest BCUT2D eigenvalue weighted by Gasteiger charge is 2.16. The Kier molecular flexibility index (Phi) is 2.68. The lowest BCUT2D eigenvalue weighted by Crippen LogP contribution is -2.22. The second kappa shape index (κ2) is 4.33. The third-order valence-electron chi connectivity index (χ3n) is 3.26. The highest BCUT2D eigenvalue weighted by atomic mass is 16.5. The van der Waals surface area contributed by atoms with Crippen molar-refractivity contribution in [2.24, 2.45) is 5.92 Å². The normalized spacial score (nSPS) is 20.8. The van der Waals surface area contributed by atoms with E-state index >= 15 is 0 Å². The van der Waals surface area contributed by atoms with E-state index in [1.807, 2.05) is 22.9 Å². The predicted molar refractivity (Wildman–Crippen MR) is 65.5 cm³/mol. The van der Waals surface area contributed by atoms with Crippen LogP contribution in [-0.4, -0.2) is 28.2 Å². The zero-order valence-corrected chi connectivity index (χ0v) is 9.67. The summed E-state index contributed by atoms with van der Waals surface area (Å²) in [6.45, 7) is 2.57. The highest BCUT2D eigenvalue weighted by molar-refractivity contribution is 5.86. The fourth-order valence-electron chi connectivity index (χ4n) is 2.34. The molecule has 3 rings (SSSR count). The molecule has 0 aliphatic carbocycles. The molecule has 90 valence electrons. The smallest absolute Gasteiger partial charge is 0.136 e. The topological polar surface area (TPSA) is 66.0 Å². The van der Waals surface area contributed by atoms with E-state index in [1.165, 1.54) is 6.42 Å². The molecule has 1 saturated heterocycles. The van der Waals surface area contributed by atoms with Gasteiger partial charge in [0.15, 0.2) is 0 Å².